The first-order valence-corrected chi connectivity index (χ1v) is 6.92. The summed E-state index contributed by atoms with van der Waals surface area (Å²) >= 11 is 5.24. The molecule has 0 spiro atoms. The van der Waals surface area contributed by atoms with Crippen LogP contribution in [0.2, 0.25) is 0 Å². The molecule has 1 aliphatic rings. The highest BCUT2D eigenvalue weighted by molar-refractivity contribution is 9.11. The minimum absolute atomic E-state index is 0.446. The van der Waals surface area contributed by atoms with Gasteiger partial charge in [0.15, 0.2) is 0 Å². The molecule has 1 fully saturated rings. The molecule has 0 aliphatic heterocycles. The molecule has 2 nitrogen and oxygen atoms in total. The summed E-state index contributed by atoms with van der Waals surface area (Å²) in [7, 11) is 2.18. The molecule has 1 heterocycles. The van der Waals surface area contributed by atoms with Crippen molar-refractivity contribution in [3.8, 4) is 0 Å². The average Bonchev–Trinajstić information content (AvgIpc) is 2.84. The van der Waals surface area contributed by atoms with Crippen LogP contribution < -0.4 is 5.73 Å². The van der Waals surface area contributed by atoms with Gasteiger partial charge in [-0.15, -0.1) is 11.3 Å². The van der Waals surface area contributed by atoms with Crippen molar-refractivity contribution in [3.63, 3.8) is 0 Å². The van der Waals surface area contributed by atoms with E-state index in [4.69, 9.17) is 5.73 Å². The second-order valence-electron chi connectivity index (χ2n) is 4.64. The van der Waals surface area contributed by atoms with E-state index >= 15 is 0 Å². The molecule has 84 valence electrons. The lowest BCUT2D eigenvalue weighted by Crippen LogP contribution is -2.31. The van der Waals surface area contributed by atoms with Gasteiger partial charge in [0.25, 0.3) is 0 Å². The zero-order valence-electron chi connectivity index (χ0n) is 9.00. The summed E-state index contributed by atoms with van der Waals surface area (Å²) in [5.41, 5.74) is 7.62. The van der Waals surface area contributed by atoms with Crippen molar-refractivity contribution in [2.45, 2.75) is 19.4 Å². The van der Waals surface area contributed by atoms with Gasteiger partial charge in [0, 0.05) is 13.1 Å². The fraction of sp³-hybridized carbons (Fsp3) is 0.636. The Labute approximate surface area is 104 Å². The van der Waals surface area contributed by atoms with Crippen molar-refractivity contribution in [2.75, 3.05) is 20.1 Å². The van der Waals surface area contributed by atoms with Crippen LogP contribution in [0.5, 0.6) is 0 Å². The van der Waals surface area contributed by atoms with Crippen LogP contribution in [0.1, 0.15) is 18.4 Å². The van der Waals surface area contributed by atoms with Crippen molar-refractivity contribution in [3.05, 3.63) is 20.8 Å². The van der Waals surface area contributed by atoms with Gasteiger partial charge in [-0.05, 0) is 64.8 Å². The third kappa shape index (κ3) is 3.03. The maximum atomic E-state index is 5.78. The Bertz CT molecular complexity index is 333. The van der Waals surface area contributed by atoms with Gasteiger partial charge in [-0.25, -0.2) is 0 Å². The number of nitrogens with two attached hydrogens (primary N) is 1. The molecule has 0 unspecified atom stereocenters. The monoisotopic (exact) mass is 288 g/mol. The topological polar surface area (TPSA) is 29.3 Å². The van der Waals surface area contributed by atoms with E-state index in [1.54, 1.807) is 11.3 Å². The quantitative estimate of drug-likeness (QED) is 0.903. The highest BCUT2D eigenvalue weighted by Crippen LogP contribution is 2.45. The standard InChI is InChI=1S/C11H17BrN2S/c1-14(8-11(7-13)2-3-11)5-9-4-10(12)15-6-9/h4,6H,2-3,5,7-8,13H2,1H3. The Kier molecular flexibility index (Phi) is 3.50. The van der Waals surface area contributed by atoms with Gasteiger partial charge < -0.3 is 10.6 Å². The van der Waals surface area contributed by atoms with E-state index < -0.39 is 0 Å². The Morgan fingerprint density at radius 1 is 1.60 bits per heavy atom. The van der Waals surface area contributed by atoms with Crippen LogP contribution in [0.15, 0.2) is 15.2 Å². The zero-order valence-corrected chi connectivity index (χ0v) is 11.4. The minimum atomic E-state index is 0.446. The molecule has 0 radical (unpaired) electrons. The van der Waals surface area contributed by atoms with E-state index in [-0.39, 0.29) is 0 Å². The second-order valence-corrected chi connectivity index (χ2v) is 6.93. The van der Waals surface area contributed by atoms with Crippen LogP contribution in [0.4, 0.5) is 0 Å². The van der Waals surface area contributed by atoms with Crippen LogP contribution in [0.3, 0.4) is 0 Å². The van der Waals surface area contributed by atoms with Gasteiger partial charge >= 0.3 is 0 Å². The van der Waals surface area contributed by atoms with E-state index in [9.17, 15) is 0 Å². The van der Waals surface area contributed by atoms with Crippen LogP contribution in [-0.4, -0.2) is 25.0 Å². The predicted molar refractivity (Wildman–Crippen MR) is 69.1 cm³/mol. The summed E-state index contributed by atoms with van der Waals surface area (Å²) in [6.07, 6.45) is 2.61. The van der Waals surface area contributed by atoms with Crippen LogP contribution in [0.25, 0.3) is 0 Å². The fourth-order valence-electron chi connectivity index (χ4n) is 1.97. The highest BCUT2D eigenvalue weighted by Gasteiger charge is 2.41. The molecule has 0 aromatic carbocycles. The van der Waals surface area contributed by atoms with Crippen LogP contribution in [0, 0.1) is 5.41 Å². The third-order valence-electron chi connectivity index (χ3n) is 3.07. The van der Waals surface area contributed by atoms with E-state index in [1.165, 1.54) is 22.2 Å². The maximum absolute atomic E-state index is 5.78. The molecule has 1 saturated carbocycles. The SMILES string of the molecule is CN(Cc1csc(Br)c1)CC1(CN)CC1. The largest absolute Gasteiger partial charge is 0.330 e. The van der Waals surface area contributed by atoms with Crippen LogP contribution in [-0.2, 0) is 6.54 Å². The van der Waals surface area contributed by atoms with Gasteiger partial charge in [-0.3, -0.25) is 0 Å². The van der Waals surface area contributed by atoms with Crippen molar-refractivity contribution in [1.29, 1.82) is 0 Å². The molecule has 1 aliphatic carbocycles. The summed E-state index contributed by atoms with van der Waals surface area (Å²) in [4.78, 5) is 2.38. The number of halogens is 1. The highest BCUT2D eigenvalue weighted by atomic mass is 79.9. The molecule has 1 aromatic rings. The zero-order chi connectivity index (χ0) is 10.9. The average molecular weight is 289 g/mol. The third-order valence-corrected chi connectivity index (χ3v) is 4.62. The van der Waals surface area contributed by atoms with Gasteiger partial charge in [-0.1, -0.05) is 0 Å². The molecule has 4 heteroatoms. The molecule has 15 heavy (non-hydrogen) atoms. The first-order chi connectivity index (χ1) is 7.13. The van der Waals surface area contributed by atoms with Crippen LogP contribution >= 0.6 is 27.3 Å². The number of thiophene rings is 1. The molecule has 0 atom stereocenters. The lowest BCUT2D eigenvalue weighted by atomic mass is 10.1. The summed E-state index contributed by atoms with van der Waals surface area (Å²) in [5.74, 6) is 0. The molecular formula is C11H17BrN2S. The summed E-state index contributed by atoms with van der Waals surface area (Å²) in [5, 5.41) is 2.21. The van der Waals surface area contributed by atoms with E-state index in [0.717, 1.165) is 19.6 Å². The van der Waals surface area contributed by atoms with Crippen molar-refractivity contribution in [2.24, 2.45) is 11.1 Å². The Hall–Kier alpha value is 0.1000. The number of rotatable bonds is 5. The molecule has 0 amide bonds. The Morgan fingerprint density at radius 2 is 2.33 bits per heavy atom. The first-order valence-electron chi connectivity index (χ1n) is 5.25. The van der Waals surface area contributed by atoms with Crippen molar-refractivity contribution in [1.82, 2.24) is 4.90 Å². The molecule has 0 bridgehead atoms. The Balaban J connectivity index is 1.84. The van der Waals surface area contributed by atoms with E-state index in [1.807, 2.05) is 0 Å². The van der Waals surface area contributed by atoms with Crippen molar-refractivity contribution < 1.29 is 0 Å². The van der Waals surface area contributed by atoms with E-state index in [2.05, 4.69) is 39.3 Å². The molecule has 0 saturated heterocycles. The summed E-state index contributed by atoms with van der Waals surface area (Å²) < 4.78 is 1.21. The van der Waals surface area contributed by atoms with Gasteiger partial charge in [0.2, 0.25) is 0 Å². The number of hydrogen-bond acceptors (Lipinski definition) is 3. The molecular weight excluding hydrogens is 272 g/mol. The summed E-state index contributed by atoms with van der Waals surface area (Å²) in [6.45, 7) is 3.01. The number of hydrogen-bond donors (Lipinski definition) is 1. The normalized spacial score (nSPS) is 18.4. The fourth-order valence-corrected chi connectivity index (χ4v) is 3.17. The molecule has 1 aromatic heterocycles. The predicted octanol–water partition coefficient (Wildman–Crippen LogP) is 2.68. The lowest BCUT2D eigenvalue weighted by molar-refractivity contribution is 0.259. The van der Waals surface area contributed by atoms with Gasteiger partial charge in [-0.2, -0.15) is 0 Å². The van der Waals surface area contributed by atoms with Crippen molar-refractivity contribution >= 4 is 27.3 Å². The maximum Gasteiger partial charge on any atom is 0.0701 e. The Morgan fingerprint density at radius 3 is 2.80 bits per heavy atom. The summed E-state index contributed by atoms with van der Waals surface area (Å²) in [6, 6.07) is 2.20. The first kappa shape index (κ1) is 11.6. The molecule has 2 N–H and O–H groups in total. The second kappa shape index (κ2) is 4.53. The van der Waals surface area contributed by atoms with Gasteiger partial charge in [0.05, 0.1) is 3.79 Å². The molecule has 2 rings (SSSR count). The smallest absolute Gasteiger partial charge is 0.0701 e. The minimum Gasteiger partial charge on any atom is -0.330 e. The van der Waals surface area contributed by atoms with Gasteiger partial charge in [0.1, 0.15) is 0 Å². The number of nitrogens with zero attached hydrogens (tertiary/aromatic N) is 1. The van der Waals surface area contributed by atoms with E-state index in [0.29, 0.717) is 5.41 Å². The lowest BCUT2D eigenvalue weighted by Gasteiger charge is -2.21.